The lowest BCUT2D eigenvalue weighted by molar-refractivity contribution is 0.424. The molecule has 0 aliphatic heterocycles. The molecule has 19 heavy (non-hydrogen) atoms. The van der Waals surface area contributed by atoms with Crippen molar-refractivity contribution in [2.24, 2.45) is 5.92 Å². The summed E-state index contributed by atoms with van der Waals surface area (Å²) < 4.78 is 1.87. The fraction of sp³-hybridized carbons (Fsp3) is 0.462. The van der Waals surface area contributed by atoms with Crippen LogP contribution in [-0.4, -0.2) is 20.2 Å². The average molecular weight is 258 g/mol. The Morgan fingerprint density at radius 1 is 1.11 bits per heavy atom. The van der Waals surface area contributed by atoms with E-state index in [2.05, 4.69) is 15.5 Å². The molecule has 0 spiro atoms. The number of rotatable bonds is 3. The molecule has 4 N–H and O–H groups in total. The molecule has 1 aliphatic carbocycles. The van der Waals surface area contributed by atoms with Gasteiger partial charge in [-0.25, -0.2) is 4.68 Å². The number of hydrogen-bond acceptors (Lipinski definition) is 5. The molecule has 1 heterocycles. The monoisotopic (exact) mass is 258 g/mol. The van der Waals surface area contributed by atoms with Crippen LogP contribution in [0.4, 0.5) is 11.4 Å². The first-order valence-corrected chi connectivity index (χ1v) is 6.65. The smallest absolute Gasteiger partial charge is 0.182 e. The largest absolute Gasteiger partial charge is 0.399 e. The molecule has 6 heteroatoms. The predicted octanol–water partition coefficient (Wildman–Crippen LogP) is 1.69. The summed E-state index contributed by atoms with van der Waals surface area (Å²) in [5.41, 5.74) is 13.8. The molecule has 0 bridgehead atoms. The maximum atomic E-state index is 5.82. The number of hydrogen-bond donors (Lipinski definition) is 2. The van der Waals surface area contributed by atoms with Crippen LogP contribution in [0.1, 0.15) is 25.7 Å². The zero-order chi connectivity index (χ0) is 13.2. The summed E-state index contributed by atoms with van der Waals surface area (Å²) in [4.78, 5) is 0. The highest BCUT2D eigenvalue weighted by molar-refractivity contribution is 5.67. The van der Waals surface area contributed by atoms with Gasteiger partial charge in [0.2, 0.25) is 0 Å². The molecular weight excluding hydrogens is 240 g/mol. The fourth-order valence-electron chi connectivity index (χ4n) is 2.78. The van der Waals surface area contributed by atoms with Gasteiger partial charge in [-0.15, -0.1) is 5.10 Å². The highest BCUT2D eigenvalue weighted by Gasteiger charge is 2.18. The second-order valence-corrected chi connectivity index (χ2v) is 5.22. The van der Waals surface area contributed by atoms with Crippen LogP contribution in [0.5, 0.6) is 0 Å². The Labute approximate surface area is 111 Å². The summed E-state index contributed by atoms with van der Waals surface area (Å²) in [6, 6.07) is 5.44. The molecule has 1 aliphatic rings. The Morgan fingerprint density at radius 2 is 1.79 bits per heavy atom. The average Bonchev–Trinajstić information content (AvgIpc) is 2.99. The van der Waals surface area contributed by atoms with Crippen molar-refractivity contribution in [3.63, 3.8) is 0 Å². The highest BCUT2D eigenvalue weighted by atomic mass is 15.5. The van der Waals surface area contributed by atoms with Gasteiger partial charge >= 0.3 is 0 Å². The van der Waals surface area contributed by atoms with Crippen molar-refractivity contribution in [2.75, 3.05) is 11.5 Å². The van der Waals surface area contributed by atoms with E-state index >= 15 is 0 Å². The molecule has 0 radical (unpaired) electrons. The number of nitrogens with two attached hydrogens (primary N) is 2. The minimum Gasteiger partial charge on any atom is -0.399 e. The van der Waals surface area contributed by atoms with Crippen molar-refractivity contribution < 1.29 is 0 Å². The van der Waals surface area contributed by atoms with Crippen molar-refractivity contribution in [3.05, 3.63) is 18.2 Å². The summed E-state index contributed by atoms with van der Waals surface area (Å²) in [5.74, 6) is 1.42. The quantitative estimate of drug-likeness (QED) is 0.817. The Bertz CT molecular complexity index is 550. The molecule has 100 valence electrons. The second-order valence-electron chi connectivity index (χ2n) is 5.22. The van der Waals surface area contributed by atoms with Crippen LogP contribution in [0.3, 0.4) is 0 Å². The molecule has 0 unspecified atom stereocenters. The molecular formula is C13H18N6. The van der Waals surface area contributed by atoms with Gasteiger partial charge in [-0.2, -0.15) is 0 Å². The number of nitrogen functional groups attached to an aromatic ring is 2. The van der Waals surface area contributed by atoms with Gasteiger partial charge in [-0.1, -0.05) is 12.8 Å². The van der Waals surface area contributed by atoms with Gasteiger partial charge in [-0.3, -0.25) is 0 Å². The number of benzene rings is 1. The molecule has 6 nitrogen and oxygen atoms in total. The molecule has 1 aromatic carbocycles. The third-order valence-electron chi connectivity index (χ3n) is 3.67. The maximum absolute atomic E-state index is 5.82. The van der Waals surface area contributed by atoms with Crippen molar-refractivity contribution >= 4 is 11.4 Å². The van der Waals surface area contributed by atoms with Gasteiger partial charge in [0, 0.05) is 23.5 Å². The first-order valence-electron chi connectivity index (χ1n) is 6.65. The fourth-order valence-corrected chi connectivity index (χ4v) is 2.78. The van der Waals surface area contributed by atoms with Crippen LogP contribution in [0.25, 0.3) is 11.4 Å². The Hall–Kier alpha value is -2.11. The summed E-state index contributed by atoms with van der Waals surface area (Å²) in [6.07, 6.45) is 5.15. The Morgan fingerprint density at radius 3 is 2.47 bits per heavy atom. The molecule has 0 atom stereocenters. The first kappa shape index (κ1) is 12.0. The van der Waals surface area contributed by atoms with E-state index in [-0.39, 0.29) is 0 Å². The van der Waals surface area contributed by atoms with Crippen molar-refractivity contribution in [2.45, 2.75) is 32.2 Å². The third kappa shape index (κ3) is 2.52. The summed E-state index contributed by atoms with van der Waals surface area (Å²) >= 11 is 0. The molecule has 1 saturated carbocycles. The minimum absolute atomic E-state index is 0.630. The molecule has 1 aromatic heterocycles. The molecule has 1 fully saturated rings. The Kier molecular flexibility index (Phi) is 3.06. The van der Waals surface area contributed by atoms with Gasteiger partial charge in [0.1, 0.15) is 0 Å². The van der Waals surface area contributed by atoms with E-state index in [1.807, 2.05) is 16.8 Å². The van der Waals surface area contributed by atoms with Crippen molar-refractivity contribution in [3.8, 4) is 11.4 Å². The summed E-state index contributed by atoms with van der Waals surface area (Å²) in [5, 5.41) is 12.0. The van der Waals surface area contributed by atoms with E-state index in [0.717, 1.165) is 17.9 Å². The highest BCUT2D eigenvalue weighted by Crippen LogP contribution is 2.28. The van der Waals surface area contributed by atoms with Crippen LogP contribution in [0.2, 0.25) is 0 Å². The molecule has 0 amide bonds. The van der Waals surface area contributed by atoms with E-state index < -0.39 is 0 Å². The predicted molar refractivity (Wildman–Crippen MR) is 74.0 cm³/mol. The van der Waals surface area contributed by atoms with Crippen LogP contribution in [0.15, 0.2) is 18.2 Å². The maximum Gasteiger partial charge on any atom is 0.182 e. The van der Waals surface area contributed by atoms with E-state index in [9.17, 15) is 0 Å². The minimum atomic E-state index is 0.630. The number of nitrogens with zero attached hydrogens (tertiary/aromatic N) is 4. The first-order chi connectivity index (χ1) is 9.22. The second kappa shape index (κ2) is 4.87. The van der Waals surface area contributed by atoms with Crippen LogP contribution in [-0.2, 0) is 6.54 Å². The zero-order valence-corrected chi connectivity index (χ0v) is 10.8. The van der Waals surface area contributed by atoms with Crippen LogP contribution >= 0.6 is 0 Å². The third-order valence-corrected chi connectivity index (χ3v) is 3.67. The lowest BCUT2D eigenvalue weighted by Crippen LogP contribution is -2.10. The normalized spacial score (nSPS) is 16.0. The van der Waals surface area contributed by atoms with Crippen molar-refractivity contribution in [1.82, 2.24) is 20.2 Å². The van der Waals surface area contributed by atoms with E-state index in [1.54, 1.807) is 6.07 Å². The molecule has 2 aromatic rings. The van der Waals surface area contributed by atoms with Gasteiger partial charge in [-0.05, 0) is 47.4 Å². The molecule has 3 rings (SSSR count). The van der Waals surface area contributed by atoms with E-state index in [0.29, 0.717) is 17.3 Å². The zero-order valence-electron chi connectivity index (χ0n) is 10.8. The van der Waals surface area contributed by atoms with E-state index in [4.69, 9.17) is 11.5 Å². The van der Waals surface area contributed by atoms with Crippen molar-refractivity contribution in [1.29, 1.82) is 0 Å². The van der Waals surface area contributed by atoms with Crippen LogP contribution < -0.4 is 11.5 Å². The van der Waals surface area contributed by atoms with Crippen LogP contribution in [0, 0.1) is 5.92 Å². The van der Waals surface area contributed by atoms with Gasteiger partial charge < -0.3 is 11.5 Å². The summed E-state index contributed by atoms with van der Waals surface area (Å²) in [7, 11) is 0. The standard InChI is InChI=1S/C13H18N6/c14-11-5-10(6-12(15)7-11)13-16-17-18-19(13)8-9-3-1-2-4-9/h5-7,9H,1-4,8,14-15H2. The lowest BCUT2D eigenvalue weighted by atomic mass is 10.1. The summed E-state index contributed by atoms with van der Waals surface area (Å²) in [6.45, 7) is 0.872. The Balaban J connectivity index is 1.90. The number of tetrazole rings is 1. The van der Waals surface area contributed by atoms with Gasteiger partial charge in [0.15, 0.2) is 5.82 Å². The topological polar surface area (TPSA) is 95.6 Å². The van der Waals surface area contributed by atoms with Gasteiger partial charge in [0.25, 0.3) is 0 Å². The van der Waals surface area contributed by atoms with E-state index in [1.165, 1.54) is 25.7 Å². The SMILES string of the molecule is Nc1cc(N)cc(-c2nnnn2CC2CCCC2)c1. The lowest BCUT2D eigenvalue weighted by Gasteiger charge is -2.10. The van der Waals surface area contributed by atoms with Gasteiger partial charge in [0.05, 0.1) is 0 Å². The molecule has 0 saturated heterocycles. The number of aromatic nitrogens is 4. The number of anilines is 2.